The van der Waals surface area contributed by atoms with Crippen molar-refractivity contribution >= 4 is 39.1 Å². The normalized spacial score (nSPS) is 24.9. The van der Waals surface area contributed by atoms with Gasteiger partial charge < -0.3 is 9.64 Å². The molecule has 3 aromatic carbocycles. The first kappa shape index (κ1) is 26.8. The van der Waals surface area contributed by atoms with Crippen LogP contribution in [-0.4, -0.2) is 59.4 Å². The fourth-order valence-electron chi connectivity index (χ4n) is 7.25. The summed E-state index contributed by atoms with van der Waals surface area (Å²) >= 11 is 6.53. The number of anilines is 1. The second-order valence-corrected chi connectivity index (χ2v) is 12.4. The van der Waals surface area contributed by atoms with Crippen molar-refractivity contribution in [2.75, 3.05) is 37.7 Å². The first-order chi connectivity index (χ1) is 19.8. The number of alkyl halides is 1. The quantitative estimate of drug-likeness (QED) is 0.243. The lowest BCUT2D eigenvalue weighted by atomic mass is 9.95. The average Bonchev–Trinajstić information content (AvgIpc) is 3.47. The van der Waals surface area contributed by atoms with E-state index in [1.54, 1.807) is 18.2 Å². The van der Waals surface area contributed by atoms with Crippen molar-refractivity contribution < 1.29 is 17.9 Å². The van der Waals surface area contributed by atoms with Gasteiger partial charge in [0.05, 0.1) is 11.1 Å². The minimum Gasteiger partial charge on any atom is -0.461 e. The molecule has 0 bridgehead atoms. The first-order valence-electron chi connectivity index (χ1n) is 14.5. The molecule has 3 fully saturated rings. The van der Waals surface area contributed by atoms with E-state index in [1.807, 2.05) is 18.2 Å². The summed E-state index contributed by atoms with van der Waals surface area (Å²) in [6.07, 6.45) is 3.37. The molecule has 0 spiro atoms. The fourth-order valence-corrected chi connectivity index (χ4v) is 7.53. The summed E-state index contributed by atoms with van der Waals surface area (Å²) in [4.78, 5) is 13.5. The molecule has 41 heavy (non-hydrogen) atoms. The highest BCUT2D eigenvalue weighted by Crippen LogP contribution is 2.42. The highest BCUT2D eigenvalue weighted by molar-refractivity contribution is 6.36. The van der Waals surface area contributed by atoms with E-state index in [9.17, 15) is 4.39 Å². The monoisotopic (exact) mass is 580 g/mol. The highest BCUT2D eigenvalue weighted by atomic mass is 35.5. The number of halogens is 4. The van der Waals surface area contributed by atoms with Crippen LogP contribution in [0.2, 0.25) is 5.02 Å². The Morgan fingerprint density at radius 1 is 1.07 bits per heavy atom. The Labute approximate surface area is 242 Å². The van der Waals surface area contributed by atoms with Crippen molar-refractivity contribution in [1.82, 2.24) is 14.9 Å². The van der Waals surface area contributed by atoms with E-state index in [-0.39, 0.29) is 23.7 Å². The summed E-state index contributed by atoms with van der Waals surface area (Å²) in [5, 5.41) is 2.08. The summed E-state index contributed by atoms with van der Waals surface area (Å²) in [5.41, 5.74) is -0.224. The lowest BCUT2D eigenvalue weighted by Gasteiger charge is -2.33. The van der Waals surface area contributed by atoms with Gasteiger partial charge in [-0.25, -0.2) is 13.2 Å². The molecule has 4 aromatic rings. The van der Waals surface area contributed by atoms with Crippen molar-refractivity contribution in [3.63, 3.8) is 0 Å². The van der Waals surface area contributed by atoms with E-state index >= 15 is 8.78 Å². The predicted molar refractivity (Wildman–Crippen MR) is 157 cm³/mol. The Hall–Kier alpha value is -3.10. The van der Waals surface area contributed by atoms with E-state index in [0.29, 0.717) is 46.1 Å². The second kappa shape index (κ2) is 10.3. The zero-order valence-electron chi connectivity index (χ0n) is 23.0. The van der Waals surface area contributed by atoms with Crippen LogP contribution >= 0.6 is 11.6 Å². The van der Waals surface area contributed by atoms with Gasteiger partial charge in [-0.2, -0.15) is 9.97 Å². The van der Waals surface area contributed by atoms with Gasteiger partial charge in [0, 0.05) is 41.9 Å². The summed E-state index contributed by atoms with van der Waals surface area (Å²) < 4.78 is 53.1. The summed E-state index contributed by atoms with van der Waals surface area (Å²) in [7, 11) is 0. The zero-order chi connectivity index (χ0) is 28.3. The molecule has 7 rings (SSSR count). The molecule has 3 saturated heterocycles. The maximum Gasteiger partial charge on any atom is 0.319 e. The Balaban J connectivity index is 1.37. The topological polar surface area (TPSA) is 41.5 Å². The Bertz CT molecular complexity index is 1650. The molecular formula is C32H32ClF3N4O. The van der Waals surface area contributed by atoms with Crippen molar-refractivity contribution in [2.45, 2.75) is 50.7 Å². The molecule has 0 amide bonds. The third-order valence-electron chi connectivity index (χ3n) is 9.15. The number of rotatable bonds is 5. The van der Waals surface area contributed by atoms with Gasteiger partial charge in [0.2, 0.25) is 0 Å². The predicted octanol–water partition coefficient (Wildman–Crippen LogP) is 7.57. The average molecular weight is 581 g/mol. The van der Waals surface area contributed by atoms with Crippen molar-refractivity contribution in [1.29, 1.82) is 0 Å². The zero-order valence-corrected chi connectivity index (χ0v) is 23.7. The molecule has 3 aliphatic heterocycles. The summed E-state index contributed by atoms with van der Waals surface area (Å²) in [6.45, 7) is 5.08. The largest absolute Gasteiger partial charge is 0.461 e. The van der Waals surface area contributed by atoms with Gasteiger partial charge in [-0.3, -0.25) is 4.90 Å². The Morgan fingerprint density at radius 3 is 2.73 bits per heavy atom. The number of nitrogens with zero attached hydrogens (tertiary/aromatic N) is 4. The van der Waals surface area contributed by atoms with Gasteiger partial charge in [-0.15, -0.1) is 0 Å². The second-order valence-electron chi connectivity index (χ2n) is 12.0. The Morgan fingerprint density at radius 2 is 1.90 bits per heavy atom. The van der Waals surface area contributed by atoms with Gasteiger partial charge >= 0.3 is 6.01 Å². The molecule has 1 aromatic heterocycles. The molecule has 3 atom stereocenters. The Kier molecular flexibility index (Phi) is 6.74. The number of benzene rings is 3. The maximum atomic E-state index is 16.6. The first-order valence-corrected chi connectivity index (χ1v) is 14.8. The van der Waals surface area contributed by atoms with Gasteiger partial charge in [0.25, 0.3) is 0 Å². The molecule has 9 heteroatoms. The number of hydrogen-bond acceptors (Lipinski definition) is 5. The smallest absolute Gasteiger partial charge is 0.319 e. The van der Waals surface area contributed by atoms with Crippen LogP contribution in [0.4, 0.5) is 19.0 Å². The SMILES string of the molecule is CC1CCCN(c2nc(OC[C@@]34CCCN3CC(F)C4)nc3c(F)c(-c4cccc5cccc(Cl)c45)c(F)cc23)C1. The molecular weight excluding hydrogens is 549 g/mol. The van der Waals surface area contributed by atoms with Gasteiger partial charge in [0.15, 0.2) is 5.82 Å². The van der Waals surface area contributed by atoms with E-state index < -0.39 is 23.3 Å². The van der Waals surface area contributed by atoms with Gasteiger partial charge in [-0.05, 0) is 61.2 Å². The van der Waals surface area contributed by atoms with Crippen LogP contribution in [0.5, 0.6) is 6.01 Å². The lowest BCUT2D eigenvalue weighted by Crippen LogP contribution is -2.43. The number of aromatic nitrogens is 2. The molecule has 0 radical (unpaired) electrons. The van der Waals surface area contributed by atoms with E-state index in [0.717, 1.165) is 50.7 Å². The van der Waals surface area contributed by atoms with Crippen LogP contribution in [0.25, 0.3) is 32.8 Å². The molecule has 0 aliphatic carbocycles. The molecule has 214 valence electrons. The number of piperidine rings is 1. The van der Waals surface area contributed by atoms with Gasteiger partial charge in [-0.1, -0.05) is 48.9 Å². The minimum atomic E-state index is -0.891. The van der Waals surface area contributed by atoms with Crippen molar-refractivity contribution in [3.05, 3.63) is 59.1 Å². The fraction of sp³-hybridized carbons (Fsp3) is 0.438. The maximum absolute atomic E-state index is 16.6. The molecule has 3 aliphatic rings. The van der Waals surface area contributed by atoms with E-state index in [4.69, 9.17) is 21.3 Å². The van der Waals surface area contributed by atoms with E-state index in [1.165, 1.54) is 6.07 Å². The van der Waals surface area contributed by atoms with Crippen LogP contribution in [-0.2, 0) is 0 Å². The number of fused-ring (bicyclic) bond motifs is 3. The third kappa shape index (κ3) is 4.59. The third-order valence-corrected chi connectivity index (χ3v) is 9.47. The van der Waals surface area contributed by atoms with Crippen LogP contribution in [0.3, 0.4) is 0 Å². The highest BCUT2D eigenvalue weighted by Gasteiger charge is 2.49. The van der Waals surface area contributed by atoms with E-state index in [2.05, 4.69) is 21.7 Å². The summed E-state index contributed by atoms with van der Waals surface area (Å²) in [5.74, 6) is -0.606. The van der Waals surface area contributed by atoms with Crippen LogP contribution in [0, 0.1) is 17.6 Å². The van der Waals surface area contributed by atoms with Crippen LogP contribution in [0.1, 0.15) is 39.0 Å². The molecule has 4 heterocycles. The lowest BCUT2D eigenvalue weighted by molar-refractivity contribution is 0.107. The minimum absolute atomic E-state index is 0.000693. The summed E-state index contributed by atoms with van der Waals surface area (Å²) in [6, 6.07) is 12.1. The van der Waals surface area contributed by atoms with Gasteiger partial charge in [0.1, 0.15) is 29.9 Å². The van der Waals surface area contributed by atoms with Crippen molar-refractivity contribution in [2.24, 2.45) is 5.92 Å². The van der Waals surface area contributed by atoms with Crippen LogP contribution in [0.15, 0.2) is 42.5 Å². The molecule has 5 nitrogen and oxygen atoms in total. The molecule has 0 saturated carbocycles. The number of ether oxygens (including phenoxy) is 1. The van der Waals surface area contributed by atoms with Crippen molar-refractivity contribution in [3.8, 4) is 17.1 Å². The molecule has 2 unspecified atom stereocenters. The van der Waals surface area contributed by atoms with Crippen LogP contribution < -0.4 is 9.64 Å². The number of hydrogen-bond donors (Lipinski definition) is 0. The standard InChI is InChI=1S/C32H32ClF3N4O/c1-19-6-4-12-39(16-19)30-23-14-25(35)27(22-9-2-7-20-8-3-10-24(33)26(20)22)28(36)29(23)37-31(38-30)41-18-32-11-5-13-40(32)17-21(34)15-32/h2-3,7-10,14,19,21H,4-6,11-13,15-18H2,1H3/t19?,21?,32-/m0/s1. The molecule has 0 N–H and O–H groups in total.